The minimum absolute atomic E-state index is 0.0568. The molecule has 18 heavy (non-hydrogen) atoms. The molecular weight excluding hydrogens is 267 g/mol. The monoisotopic (exact) mass is 285 g/mol. The lowest BCUT2D eigenvalue weighted by Crippen LogP contribution is -2.48. The molecule has 0 aromatic heterocycles. The van der Waals surface area contributed by atoms with Gasteiger partial charge in [0.05, 0.1) is 0 Å². The van der Waals surface area contributed by atoms with Crippen molar-refractivity contribution in [2.24, 2.45) is 16.8 Å². The van der Waals surface area contributed by atoms with Crippen molar-refractivity contribution in [2.75, 3.05) is 19.3 Å². The van der Waals surface area contributed by atoms with Gasteiger partial charge in [0.2, 0.25) is 0 Å². The van der Waals surface area contributed by atoms with E-state index in [1.807, 2.05) is 6.26 Å². The third kappa shape index (κ3) is 3.68. The van der Waals surface area contributed by atoms with Crippen LogP contribution in [0.5, 0.6) is 0 Å². The Morgan fingerprint density at radius 3 is 2.50 bits per heavy atom. The second kappa shape index (κ2) is 6.01. The van der Waals surface area contributed by atoms with E-state index >= 15 is 0 Å². The fourth-order valence-electron chi connectivity index (χ4n) is 1.93. The minimum atomic E-state index is -4.50. The Bertz CT molecular complexity index is 300. The molecular formula is C10H18F3N3OS. The first-order chi connectivity index (χ1) is 8.34. The lowest BCUT2D eigenvalue weighted by Gasteiger charge is -2.41. The van der Waals surface area contributed by atoms with Crippen LogP contribution in [0.2, 0.25) is 0 Å². The summed E-state index contributed by atoms with van der Waals surface area (Å²) in [5.41, 5.74) is 5.07. The molecule has 1 fully saturated rings. The van der Waals surface area contributed by atoms with Crippen molar-refractivity contribution in [3.8, 4) is 0 Å². The predicted octanol–water partition coefficient (Wildman–Crippen LogP) is 1.79. The van der Waals surface area contributed by atoms with Crippen molar-refractivity contribution >= 4 is 17.6 Å². The summed E-state index contributed by atoms with van der Waals surface area (Å²) in [6.07, 6.45) is 0.607. The highest BCUT2D eigenvalue weighted by Gasteiger charge is 2.43. The van der Waals surface area contributed by atoms with E-state index in [0.29, 0.717) is 6.54 Å². The average molecular weight is 285 g/mol. The first-order valence-electron chi connectivity index (χ1n) is 5.64. The quantitative estimate of drug-likeness (QED) is 0.301. The molecule has 0 heterocycles. The zero-order valence-corrected chi connectivity index (χ0v) is 10.9. The third-order valence-electron chi connectivity index (χ3n) is 3.36. The van der Waals surface area contributed by atoms with Crippen LogP contribution >= 0.6 is 11.8 Å². The van der Waals surface area contributed by atoms with E-state index < -0.39 is 17.9 Å². The standard InChI is InChI=1S/C10H18F3N3OS/c1-18-9(3-2-4-9)6-15-5-7(8(14)16-17)10(11,12)13/h7,15,17H,2-6H2,1H3,(H2,14,16). The van der Waals surface area contributed by atoms with Gasteiger partial charge in [-0.15, -0.1) is 0 Å². The summed E-state index contributed by atoms with van der Waals surface area (Å²) >= 11 is 1.68. The molecule has 0 bridgehead atoms. The van der Waals surface area contributed by atoms with E-state index in [4.69, 9.17) is 10.9 Å². The first kappa shape index (κ1) is 15.4. The summed E-state index contributed by atoms with van der Waals surface area (Å²) in [6.45, 7) is 0.154. The lowest BCUT2D eigenvalue weighted by molar-refractivity contribution is -0.155. The van der Waals surface area contributed by atoms with Crippen LogP contribution in [0, 0.1) is 5.92 Å². The fraction of sp³-hybridized carbons (Fsp3) is 0.900. The normalized spacial score (nSPS) is 21.4. The highest BCUT2D eigenvalue weighted by Crippen LogP contribution is 2.42. The maximum absolute atomic E-state index is 12.6. The van der Waals surface area contributed by atoms with Gasteiger partial charge in [-0.25, -0.2) is 0 Å². The highest BCUT2D eigenvalue weighted by atomic mass is 32.2. The summed E-state index contributed by atoms with van der Waals surface area (Å²) in [5.74, 6) is -2.75. The smallest absolute Gasteiger partial charge is 0.400 e. The number of hydrogen-bond donors (Lipinski definition) is 3. The van der Waals surface area contributed by atoms with Crippen LogP contribution in [-0.4, -0.2) is 41.3 Å². The van der Waals surface area contributed by atoms with E-state index in [1.54, 1.807) is 11.8 Å². The zero-order valence-electron chi connectivity index (χ0n) is 10.1. The van der Waals surface area contributed by atoms with Gasteiger partial charge in [-0.1, -0.05) is 11.6 Å². The lowest BCUT2D eigenvalue weighted by atomic mass is 9.84. The topological polar surface area (TPSA) is 70.6 Å². The summed E-state index contributed by atoms with van der Waals surface area (Å²) in [7, 11) is 0. The molecule has 0 saturated heterocycles. The van der Waals surface area contributed by atoms with Crippen LogP contribution in [0.1, 0.15) is 19.3 Å². The summed E-state index contributed by atoms with van der Waals surface area (Å²) in [5, 5.41) is 13.6. The van der Waals surface area contributed by atoms with Crippen molar-refractivity contribution in [1.82, 2.24) is 5.32 Å². The van der Waals surface area contributed by atoms with E-state index in [-0.39, 0.29) is 11.3 Å². The van der Waals surface area contributed by atoms with E-state index in [1.165, 1.54) is 0 Å². The summed E-state index contributed by atoms with van der Waals surface area (Å²) in [4.78, 5) is 0. The Kier molecular flexibility index (Phi) is 5.15. The molecule has 1 unspecified atom stereocenters. The molecule has 0 aromatic carbocycles. The molecule has 0 amide bonds. The van der Waals surface area contributed by atoms with E-state index in [2.05, 4.69) is 10.5 Å². The molecule has 0 radical (unpaired) electrons. The molecule has 1 aliphatic rings. The SMILES string of the molecule is CSC1(CNCC(C(N)=NO)C(F)(F)F)CCC1. The molecule has 0 aromatic rings. The number of alkyl halides is 3. The van der Waals surface area contributed by atoms with Crippen molar-refractivity contribution < 1.29 is 18.4 Å². The number of nitrogens with two attached hydrogens (primary N) is 1. The van der Waals surface area contributed by atoms with Gasteiger partial charge in [-0.2, -0.15) is 24.9 Å². The van der Waals surface area contributed by atoms with Gasteiger partial charge >= 0.3 is 6.18 Å². The zero-order chi connectivity index (χ0) is 13.8. The van der Waals surface area contributed by atoms with Crippen molar-refractivity contribution in [3.63, 3.8) is 0 Å². The van der Waals surface area contributed by atoms with Gasteiger partial charge in [0.15, 0.2) is 5.84 Å². The average Bonchev–Trinajstić information content (AvgIpc) is 2.24. The third-order valence-corrected chi connectivity index (χ3v) is 4.78. The molecule has 8 heteroatoms. The van der Waals surface area contributed by atoms with Crippen LogP contribution in [0.15, 0.2) is 5.16 Å². The molecule has 106 valence electrons. The van der Waals surface area contributed by atoms with Gasteiger partial charge in [-0.3, -0.25) is 0 Å². The van der Waals surface area contributed by atoms with Crippen LogP contribution < -0.4 is 11.1 Å². The highest BCUT2D eigenvalue weighted by molar-refractivity contribution is 8.00. The minimum Gasteiger partial charge on any atom is -0.409 e. The maximum Gasteiger partial charge on any atom is 0.400 e. The Morgan fingerprint density at radius 1 is 1.56 bits per heavy atom. The van der Waals surface area contributed by atoms with Crippen molar-refractivity contribution in [2.45, 2.75) is 30.2 Å². The molecule has 1 saturated carbocycles. The molecule has 4 nitrogen and oxygen atoms in total. The second-order valence-electron chi connectivity index (χ2n) is 4.49. The van der Waals surface area contributed by atoms with Crippen LogP contribution in [0.3, 0.4) is 0 Å². The molecule has 1 aliphatic carbocycles. The number of oxime groups is 1. The number of nitrogens with one attached hydrogen (secondary N) is 1. The van der Waals surface area contributed by atoms with Crippen molar-refractivity contribution in [3.05, 3.63) is 0 Å². The number of rotatable bonds is 6. The Hall–Kier alpha value is -0.630. The number of amidine groups is 1. The van der Waals surface area contributed by atoms with Gasteiger partial charge in [-0.05, 0) is 19.1 Å². The number of nitrogens with zero attached hydrogens (tertiary/aromatic N) is 1. The van der Waals surface area contributed by atoms with Crippen LogP contribution in [0.25, 0.3) is 0 Å². The van der Waals surface area contributed by atoms with Gasteiger partial charge in [0.25, 0.3) is 0 Å². The maximum atomic E-state index is 12.6. The first-order valence-corrected chi connectivity index (χ1v) is 6.87. The van der Waals surface area contributed by atoms with Gasteiger partial charge < -0.3 is 16.3 Å². The predicted molar refractivity (Wildman–Crippen MR) is 65.9 cm³/mol. The molecule has 0 spiro atoms. The largest absolute Gasteiger partial charge is 0.409 e. The Balaban J connectivity index is 2.48. The van der Waals surface area contributed by atoms with Crippen molar-refractivity contribution in [1.29, 1.82) is 0 Å². The fourth-order valence-corrected chi connectivity index (χ4v) is 2.87. The molecule has 0 aliphatic heterocycles. The van der Waals surface area contributed by atoms with Crippen LogP contribution in [0.4, 0.5) is 13.2 Å². The Labute approximate surface area is 108 Å². The van der Waals surface area contributed by atoms with Gasteiger partial charge in [0.1, 0.15) is 5.92 Å². The number of hydrogen-bond acceptors (Lipinski definition) is 4. The summed E-state index contributed by atoms with van der Waals surface area (Å²) < 4.78 is 38.0. The molecule has 1 atom stereocenters. The molecule has 1 rings (SSSR count). The van der Waals surface area contributed by atoms with Crippen LogP contribution in [-0.2, 0) is 0 Å². The number of halogens is 3. The van der Waals surface area contributed by atoms with Gasteiger partial charge in [0, 0.05) is 17.8 Å². The summed E-state index contributed by atoms with van der Waals surface area (Å²) in [6, 6.07) is 0. The second-order valence-corrected chi connectivity index (χ2v) is 5.76. The van der Waals surface area contributed by atoms with E-state index in [9.17, 15) is 13.2 Å². The Morgan fingerprint density at radius 2 is 2.17 bits per heavy atom. The van der Waals surface area contributed by atoms with E-state index in [0.717, 1.165) is 19.3 Å². The number of thioether (sulfide) groups is 1. The molecule has 4 N–H and O–H groups in total.